The van der Waals surface area contributed by atoms with Crippen LogP contribution < -0.4 is 5.32 Å². The Morgan fingerprint density at radius 2 is 1.78 bits per heavy atom. The Morgan fingerprint density at radius 1 is 1.04 bits per heavy atom. The first-order chi connectivity index (χ1) is 11.0. The maximum absolute atomic E-state index is 12.5. The number of nitrogens with one attached hydrogen (secondary N) is 1. The second-order valence-electron chi connectivity index (χ2n) is 5.70. The van der Waals surface area contributed by atoms with E-state index in [1.165, 1.54) is 23.3 Å². The highest BCUT2D eigenvalue weighted by Crippen LogP contribution is 2.32. The number of fused-ring (bicyclic) bond motifs is 1. The van der Waals surface area contributed by atoms with E-state index in [9.17, 15) is 13.2 Å². The molecule has 1 aromatic carbocycles. The monoisotopic (exact) mass is 321 g/mol. The van der Waals surface area contributed by atoms with Gasteiger partial charge in [0.05, 0.1) is 18.4 Å². The van der Waals surface area contributed by atoms with Crippen molar-refractivity contribution in [1.29, 1.82) is 0 Å². The van der Waals surface area contributed by atoms with Gasteiger partial charge >= 0.3 is 6.18 Å². The molecule has 1 aliphatic heterocycles. The summed E-state index contributed by atoms with van der Waals surface area (Å²) in [5.74, 6) is 0. The highest BCUT2D eigenvalue weighted by Gasteiger charge is 2.30. The van der Waals surface area contributed by atoms with Crippen LogP contribution in [0.15, 0.2) is 48.5 Å². The molecule has 5 heteroatoms. The van der Waals surface area contributed by atoms with Gasteiger partial charge in [-0.2, -0.15) is 13.2 Å². The molecule has 1 fully saturated rings. The van der Waals surface area contributed by atoms with Crippen molar-refractivity contribution < 1.29 is 17.9 Å². The lowest BCUT2D eigenvalue weighted by Gasteiger charge is -2.10. The van der Waals surface area contributed by atoms with E-state index >= 15 is 0 Å². The third-order valence-corrected chi connectivity index (χ3v) is 3.91. The van der Waals surface area contributed by atoms with Crippen LogP contribution in [0.2, 0.25) is 0 Å². The van der Waals surface area contributed by atoms with E-state index < -0.39 is 11.7 Å². The van der Waals surface area contributed by atoms with E-state index in [2.05, 4.69) is 29.6 Å². The second kappa shape index (κ2) is 6.72. The average Bonchev–Trinajstić information content (AvgIpc) is 2.95. The molecule has 122 valence electrons. The van der Waals surface area contributed by atoms with Crippen molar-refractivity contribution in [2.45, 2.75) is 25.1 Å². The third kappa shape index (κ3) is 4.56. The Morgan fingerprint density at radius 3 is 2.30 bits per heavy atom. The molecule has 0 amide bonds. The number of halogens is 3. The summed E-state index contributed by atoms with van der Waals surface area (Å²) in [6, 6.07) is 14.0. The van der Waals surface area contributed by atoms with E-state index in [1.807, 2.05) is 0 Å². The van der Waals surface area contributed by atoms with Crippen molar-refractivity contribution in [3.8, 4) is 11.1 Å². The summed E-state index contributed by atoms with van der Waals surface area (Å²) in [6.07, 6.45) is -2.80. The average molecular weight is 321 g/mol. The predicted molar refractivity (Wildman–Crippen MR) is 82.9 cm³/mol. The van der Waals surface area contributed by atoms with Gasteiger partial charge in [0.25, 0.3) is 0 Å². The normalized spacial score (nSPS) is 18.3. The summed E-state index contributed by atoms with van der Waals surface area (Å²) >= 11 is 0. The lowest BCUT2D eigenvalue weighted by molar-refractivity contribution is -0.137. The lowest BCUT2D eigenvalue weighted by atomic mass is 10.0. The first-order valence-electron chi connectivity index (χ1n) is 7.61. The summed E-state index contributed by atoms with van der Waals surface area (Å²) in [5, 5.41) is 3.04. The quantitative estimate of drug-likeness (QED) is 0.778. The Balaban J connectivity index is 0.000000213. The van der Waals surface area contributed by atoms with Crippen LogP contribution in [-0.4, -0.2) is 19.4 Å². The molecule has 1 atom stereocenters. The molecule has 1 saturated heterocycles. The van der Waals surface area contributed by atoms with Crippen LogP contribution in [0.1, 0.15) is 17.5 Å². The number of alkyl halides is 3. The highest BCUT2D eigenvalue weighted by molar-refractivity contribution is 5.80. The number of aryl methyl sites for hydroxylation is 1. The van der Waals surface area contributed by atoms with Gasteiger partial charge in [-0.15, -0.1) is 0 Å². The molecule has 1 N–H and O–H groups in total. The van der Waals surface area contributed by atoms with Crippen molar-refractivity contribution in [3.05, 3.63) is 59.7 Å². The van der Waals surface area contributed by atoms with Gasteiger partial charge in [0.1, 0.15) is 0 Å². The zero-order chi connectivity index (χ0) is 16.3. The summed E-state index contributed by atoms with van der Waals surface area (Å²) in [4.78, 5) is 0. The minimum absolute atomic E-state index is 0.115. The lowest BCUT2D eigenvalue weighted by Crippen LogP contribution is -2.14. The van der Waals surface area contributed by atoms with E-state index in [0.29, 0.717) is 18.7 Å². The smallest absolute Gasteiger partial charge is 0.362 e. The van der Waals surface area contributed by atoms with Gasteiger partial charge in [-0.3, -0.25) is 5.32 Å². The Bertz CT molecular complexity index is 646. The van der Waals surface area contributed by atoms with Crippen LogP contribution in [0.4, 0.5) is 13.2 Å². The number of hydrogen-bond donors (Lipinski definition) is 1. The predicted octanol–water partition coefficient (Wildman–Crippen LogP) is 4.25. The van der Waals surface area contributed by atoms with Crippen LogP contribution in [0.3, 0.4) is 0 Å². The summed E-state index contributed by atoms with van der Waals surface area (Å²) in [5.41, 5.74) is 2.97. The van der Waals surface area contributed by atoms with Gasteiger partial charge < -0.3 is 4.74 Å². The highest BCUT2D eigenvalue weighted by atomic mass is 19.4. The molecule has 0 bridgehead atoms. The van der Waals surface area contributed by atoms with Crippen LogP contribution in [0.25, 0.3) is 11.1 Å². The molecule has 0 aromatic heterocycles. The van der Waals surface area contributed by atoms with E-state index in [-0.39, 0.29) is 6.10 Å². The maximum Gasteiger partial charge on any atom is 0.416 e. The second-order valence-corrected chi connectivity index (χ2v) is 5.70. The summed E-state index contributed by atoms with van der Waals surface area (Å²) < 4.78 is 42.8. The van der Waals surface area contributed by atoms with Gasteiger partial charge in [0, 0.05) is 6.54 Å². The molecule has 2 nitrogen and oxygen atoms in total. The first kappa shape index (κ1) is 16.0. The van der Waals surface area contributed by atoms with Crippen LogP contribution in [0, 0.1) is 0 Å². The topological polar surface area (TPSA) is 21.3 Å². The number of benzene rings is 2. The minimum Gasteiger partial charge on any atom is -0.362 e. The van der Waals surface area contributed by atoms with Crippen molar-refractivity contribution in [3.63, 3.8) is 0 Å². The van der Waals surface area contributed by atoms with Gasteiger partial charge in [-0.05, 0) is 41.7 Å². The molecular weight excluding hydrogens is 303 g/mol. The molecule has 0 saturated carbocycles. The molecule has 0 radical (unpaired) electrons. The largest absolute Gasteiger partial charge is 0.416 e. The minimum atomic E-state index is -4.26. The van der Waals surface area contributed by atoms with E-state index in [4.69, 9.17) is 4.74 Å². The van der Waals surface area contributed by atoms with Crippen molar-refractivity contribution >= 4 is 0 Å². The number of ether oxygens (including phenoxy) is 1. The van der Waals surface area contributed by atoms with Crippen LogP contribution >= 0.6 is 0 Å². The fraction of sp³-hybridized carbons (Fsp3) is 0.333. The van der Waals surface area contributed by atoms with Gasteiger partial charge in [-0.1, -0.05) is 36.4 Å². The fourth-order valence-corrected chi connectivity index (χ4v) is 2.55. The van der Waals surface area contributed by atoms with Gasteiger partial charge in [0.2, 0.25) is 0 Å². The summed E-state index contributed by atoms with van der Waals surface area (Å²) in [6.45, 7) is 1.31. The Kier molecular flexibility index (Phi) is 4.68. The fourth-order valence-electron chi connectivity index (χ4n) is 2.55. The molecule has 3 aliphatic rings. The molecule has 1 heterocycles. The molecule has 4 rings (SSSR count). The molecule has 1 aromatic rings. The van der Waals surface area contributed by atoms with Crippen molar-refractivity contribution in [2.24, 2.45) is 0 Å². The van der Waals surface area contributed by atoms with E-state index in [1.54, 1.807) is 6.07 Å². The van der Waals surface area contributed by atoms with Gasteiger partial charge in [-0.25, -0.2) is 0 Å². The van der Waals surface area contributed by atoms with Crippen molar-refractivity contribution in [1.82, 2.24) is 5.32 Å². The van der Waals surface area contributed by atoms with Crippen LogP contribution in [-0.2, 0) is 17.3 Å². The standard InChI is InChI=1S/C12H14F3NO.C6H4/c13-12(14,15)10-3-1-2-9(6-10)4-5-11-7-16-8-17-11;1-2-5-4-6(5)3-1/h1-3,6,11,16H,4-5,7-8H2;1-4H. The number of hydrogen-bond acceptors (Lipinski definition) is 2. The molecule has 0 spiro atoms. The van der Waals surface area contributed by atoms with Crippen LogP contribution in [0.5, 0.6) is 0 Å². The Labute approximate surface area is 133 Å². The third-order valence-electron chi connectivity index (χ3n) is 3.91. The first-order valence-corrected chi connectivity index (χ1v) is 7.61. The molecule has 2 aliphatic carbocycles. The molecular formula is C18H18F3NO. The van der Waals surface area contributed by atoms with E-state index in [0.717, 1.165) is 19.0 Å². The Hall–Kier alpha value is -1.85. The zero-order valence-electron chi connectivity index (χ0n) is 12.6. The molecule has 1 unspecified atom stereocenters. The van der Waals surface area contributed by atoms with Gasteiger partial charge in [0.15, 0.2) is 0 Å². The molecule has 23 heavy (non-hydrogen) atoms. The maximum atomic E-state index is 12.5. The zero-order valence-corrected chi connectivity index (χ0v) is 12.6. The SMILES string of the molecule is FC(F)(F)c1cccc(CCC2CNCO2)c1.c1cc2cc-2c1. The van der Waals surface area contributed by atoms with Crippen molar-refractivity contribution in [2.75, 3.05) is 13.3 Å². The number of rotatable bonds is 3. The summed E-state index contributed by atoms with van der Waals surface area (Å²) in [7, 11) is 0.